The predicted octanol–water partition coefficient (Wildman–Crippen LogP) is 2.61. The first-order valence-corrected chi connectivity index (χ1v) is 8.74. The van der Waals surface area contributed by atoms with Crippen LogP contribution in [0.25, 0.3) is 0 Å². The first kappa shape index (κ1) is 16.9. The molecule has 0 spiro atoms. The van der Waals surface area contributed by atoms with E-state index in [4.69, 9.17) is 4.74 Å². The lowest BCUT2D eigenvalue weighted by molar-refractivity contribution is 0.00738. The van der Waals surface area contributed by atoms with Gasteiger partial charge in [0.25, 0.3) is 5.56 Å². The predicted molar refractivity (Wildman–Crippen MR) is 96.1 cm³/mol. The summed E-state index contributed by atoms with van der Waals surface area (Å²) in [7, 11) is 1.78. The Hall–Kier alpha value is -1.91. The molecule has 0 atom stereocenters. The number of aromatic nitrogens is 1. The minimum Gasteiger partial charge on any atom is -0.378 e. The van der Waals surface area contributed by atoms with Gasteiger partial charge in [-0.25, -0.2) is 0 Å². The normalized spacial score (nSPS) is 16.4. The molecule has 1 aromatic heterocycles. The van der Waals surface area contributed by atoms with Crippen LogP contribution in [0.15, 0.2) is 53.5 Å². The van der Waals surface area contributed by atoms with Crippen LogP contribution in [0.4, 0.5) is 0 Å². The first-order valence-electron chi connectivity index (χ1n) is 8.74. The molecule has 0 bridgehead atoms. The van der Waals surface area contributed by atoms with E-state index >= 15 is 0 Å². The number of hydrogen-bond donors (Lipinski definition) is 0. The summed E-state index contributed by atoms with van der Waals surface area (Å²) in [5, 5.41) is 0. The molecule has 1 aliphatic rings. The van der Waals surface area contributed by atoms with E-state index in [2.05, 4.69) is 29.2 Å². The van der Waals surface area contributed by atoms with Crippen LogP contribution >= 0.6 is 0 Å². The molecule has 0 radical (unpaired) electrons. The molecule has 0 aliphatic carbocycles. The zero-order chi connectivity index (χ0) is 16.8. The van der Waals surface area contributed by atoms with Gasteiger partial charge in [0.1, 0.15) is 0 Å². The lowest BCUT2D eigenvalue weighted by atomic mass is 10.1. The molecular weight excluding hydrogens is 300 g/mol. The molecule has 0 saturated carbocycles. The molecule has 3 rings (SSSR count). The maximum absolute atomic E-state index is 11.7. The van der Waals surface area contributed by atoms with Gasteiger partial charge in [0.15, 0.2) is 0 Å². The van der Waals surface area contributed by atoms with Crippen molar-refractivity contribution in [2.45, 2.75) is 31.9 Å². The lowest BCUT2D eigenvalue weighted by Gasteiger charge is -2.32. The van der Waals surface area contributed by atoms with Gasteiger partial charge in [0.2, 0.25) is 0 Å². The average molecular weight is 326 g/mol. The fourth-order valence-corrected chi connectivity index (χ4v) is 3.17. The topological polar surface area (TPSA) is 34.5 Å². The van der Waals surface area contributed by atoms with Crippen LogP contribution in [-0.2, 0) is 24.8 Å². The summed E-state index contributed by atoms with van der Waals surface area (Å²) in [5.74, 6) is 0. The van der Waals surface area contributed by atoms with Gasteiger partial charge in [-0.15, -0.1) is 0 Å². The van der Waals surface area contributed by atoms with Crippen molar-refractivity contribution in [3.05, 3.63) is 70.1 Å². The van der Waals surface area contributed by atoms with Crippen molar-refractivity contribution < 1.29 is 4.74 Å². The smallest absolute Gasteiger partial charge is 0.250 e. The van der Waals surface area contributed by atoms with E-state index in [0.29, 0.717) is 6.10 Å². The lowest BCUT2D eigenvalue weighted by Crippen LogP contribution is -2.37. The van der Waals surface area contributed by atoms with Crippen molar-refractivity contribution >= 4 is 0 Å². The molecular formula is C20H26N2O2. The molecule has 128 valence electrons. The minimum atomic E-state index is 0.0617. The number of likely N-dealkylation sites (tertiary alicyclic amines) is 1. The molecule has 4 heteroatoms. The average Bonchev–Trinajstić information content (AvgIpc) is 2.61. The van der Waals surface area contributed by atoms with Crippen molar-refractivity contribution in [1.29, 1.82) is 0 Å². The number of aryl methyl sites for hydroxylation is 1. The second-order valence-electron chi connectivity index (χ2n) is 6.57. The van der Waals surface area contributed by atoms with Crippen molar-refractivity contribution in [3.8, 4) is 0 Å². The zero-order valence-electron chi connectivity index (χ0n) is 14.4. The van der Waals surface area contributed by atoms with E-state index in [1.165, 1.54) is 5.56 Å². The van der Waals surface area contributed by atoms with Crippen LogP contribution in [0.1, 0.15) is 24.0 Å². The van der Waals surface area contributed by atoms with E-state index in [-0.39, 0.29) is 5.56 Å². The fraction of sp³-hybridized carbons (Fsp3) is 0.450. The van der Waals surface area contributed by atoms with E-state index in [1.807, 2.05) is 18.3 Å². The summed E-state index contributed by atoms with van der Waals surface area (Å²) in [6.45, 7) is 3.71. The summed E-state index contributed by atoms with van der Waals surface area (Å²) in [6.07, 6.45) is 5.33. The van der Waals surface area contributed by atoms with E-state index in [1.54, 1.807) is 17.7 Å². The van der Waals surface area contributed by atoms with Crippen LogP contribution in [-0.4, -0.2) is 35.3 Å². The summed E-state index contributed by atoms with van der Waals surface area (Å²) >= 11 is 0. The van der Waals surface area contributed by atoms with Gasteiger partial charge in [-0.3, -0.25) is 9.69 Å². The van der Waals surface area contributed by atoms with E-state index < -0.39 is 0 Å². The van der Waals surface area contributed by atoms with Crippen LogP contribution in [0.2, 0.25) is 0 Å². The van der Waals surface area contributed by atoms with E-state index in [0.717, 1.165) is 51.1 Å². The maximum atomic E-state index is 11.7. The zero-order valence-corrected chi connectivity index (χ0v) is 14.4. The molecule has 24 heavy (non-hydrogen) atoms. The third-order valence-corrected chi connectivity index (χ3v) is 4.70. The van der Waals surface area contributed by atoms with Gasteiger partial charge >= 0.3 is 0 Å². The number of nitrogens with zero attached hydrogens (tertiary/aromatic N) is 2. The highest BCUT2D eigenvalue weighted by Crippen LogP contribution is 2.16. The second kappa shape index (κ2) is 8.27. The largest absolute Gasteiger partial charge is 0.378 e. The molecule has 0 amide bonds. The number of piperidine rings is 1. The summed E-state index contributed by atoms with van der Waals surface area (Å²) in [6, 6.07) is 14.3. The molecule has 1 aliphatic heterocycles. The molecule has 2 aromatic rings. The Labute approximate surface area is 143 Å². The van der Waals surface area contributed by atoms with Crippen molar-refractivity contribution in [3.63, 3.8) is 0 Å². The Bertz CT molecular complexity index is 688. The summed E-state index contributed by atoms with van der Waals surface area (Å²) < 4.78 is 7.65. The fourth-order valence-electron chi connectivity index (χ4n) is 3.17. The van der Waals surface area contributed by atoms with Crippen molar-refractivity contribution in [2.24, 2.45) is 7.05 Å². The molecule has 1 fully saturated rings. The highest BCUT2D eigenvalue weighted by molar-refractivity contribution is 5.14. The van der Waals surface area contributed by atoms with E-state index in [9.17, 15) is 4.79 Å². The monoisotopic (exact) mass is 326 g/mol. The molecule has 0 N–H and O–H groups in total. The Kier molecular flexibility index (Phi) is 5.83. The number of rotatable bonds is 6. The Morgan fingerprint density at radius 3 is 2.54 bits per heavy atom. The van der Waals surface area contributed by atoms with Gasteiger partial charge in [0, 0.05) is 38.9 Å². The summed E-state index contributed by atoms with van der Waals surface area (Å²) in [4.78, 5) is 14.1. The van der Waals surface area contributed by atoms with Crippen molar-refractivity contribution in [1.82, 2.24) is 9.47 Å². The number of benzene rings is 1. The number of hydrogen-bond acceptors (Lipinski definition) is 3. The maximum Gasteiger partial charge on any atom is 0.250 e. The van der Waals surface area contributed by atoms with Crippen LogP contribution in [0.5, 0.6) is 0 Å². The third-order valence-electron chi connectivity index (χ3n) is 4.70. The van der Waals surface area contributed by atoms with Crippen molar-refractivity contribution in [2.75, 3.05) is 19.7 Å². The quantitative estimate of drug-likeness (QED) is 0.818. The van der Waals surface area contributed by atoms with Crippen LogP contribution < -0.4 is 5.56 Å². The second-order valence-corrected chi connectivity index (χ2v) is 6.57. The number of pyridine rings is 1. The third kappa shape index (κ3) is 4.79. The molecule has 4 nitrogen and oxygen atoms in total. The van der Waals surface area contributed by atoms with Gasteiger partial charge in [-0.1, -0.05) is 30.3 Å². The molecule has 1 saturated heterocycles. The van der Waals surface area contributed by atoms with Gasteiger partial charge < -0.3 is 9.30 Å². The minimum absolute atomic E-state index is 0.0617. The van der Waals surface area contributed by atoms with Gasteiger partial charge in [-0.2, -0.15) is 0 Å². The van der Waals surface area contributed by atoms with Crippen LogP contribution in [0.3, 0.4) is 0 Å². The Morgan fingerprint density at radius 1 is 1.08 bits per heavy atom. The first-order chi connectivity index (χ1) is 11.7. The van der Waals surface area contributed by atoms with Gasteiger partial charge in [0.05, 0.1) is 12.7 Å². The summed E-state index contributed by atoms with van der Waals surface area (Å²) in [5.41, 5.74) is 2.49. The van der Waals surface area contributed by atoms with Crippen LogP contribution in [0, 0.1) is 0 Å². The standard InChI is InChI=1S/C20H26N2O2/c1-21-11-7-18(15-20(21)23)16-22-12-8-19(9-13-22)24-14-10-17-5-3-2-4-6-17/h2-7,11,15,19H,8-10,12-14,16H2,1H3. The highest BCUT2D eigenvalue weighted by atomic mass is 16.5. The Balaban J connectivity index is 1.39. The van der Waals surface area contributed by atoms with Gasteiger partial charge in [-0.05, 0) is 36.5 Å². The molecule has 1 aromatic carbocycles. The Morgan fingerprint density at radius 2 is 1.83 bits per heavy atom. The molecule has 0 unspecified atom stereocenters. The number of ether oxygens (including phenoxy) is 1. The highest BCUT2D eigenvalue weighted by Gasteiger charge is 2.19. The SMILES string of the molecule is Cn1ccc(CN2CCC(OCCc3ccccc3)CC2)cc1=O. The molecule has 2 heterocycles.